The van der Waals surface area contributed by atoms with Crippen molar-refractivity contribution in [2.24, 2.45) is 0 Å². The molecule has 90 valence electrons. The Labute approximate surface area is 95.9 Å². The summed E-state index contributed by atoms with van der Waals surface area (Å²) in [6.45, 7) is 3.06. The molecule has 2 heterocycles. The molecular formula is C12H19NO3. The first-order valence-corrected chi connectivity index (χ1v) is 5.76. The molecule has 1 saturated heterocycles. The quantitative estimate of drug-likeness (QED) is 0.828. The van der Waals surface area contributed by atoms with Gasteiger partial charge in [-0.2, -0.15) is 0 Å². The SMILES string of the molecule is COCc1ccc(CNC2CCOCC2)o1. The molecule has 1 aliphatic rings. The highest BCUT2D eigenvalue weighted by Crippen LogP contribution is 2.11. The lowest BCUT2D eigenvalue weighted by atomic mass is 10.1. The molecule has 4 heteroatoms. The molecule has 0 aliphatic carbocycles. The fourth-order valence-electron chi connectivity index (χ4n) is 1.88. The first-order valence-electron chi connectivity index (χ1n) is 5.76. The van der Waals surface area contributed by atoms with E-state index in [0.717, 1.165) is 44.1 Å². The van der Waals surface area contributed by atoms with Gasteiger partial charge in [0.05, 0.1) is 6.54 Å². The van der Waals surface area contributed by atoms with Crippen LogP contribution in [0.25, 0.3) is 0 Å². The summed E-state index contributed by atoms with van der Waals surface area (Å²) in [5.74, 6) is 1.85. The number of furan rings is 1. The Morgan fingerprint density at radius 1 is 1.31 bits per heavy atom. The highest BCUT2D eigenvalue weighted by atomic mass is 16.5. The van der Waals surface area contributed by atoms with Crippen LogP contribution in [-0.2, 0) is 22.6 Å². The van der Waals surface area contributed by atoms with Crippen molar-refractivity contribution in [3.05, 3.63) is 23.7 Å². The summed E-state index contributed by atoms with van der Waals surface area (Å²) in [6.07, 6.45) is 2.18. The van der Waals surface area contributed by atoms with Crippen molar-refractivity contribution in [1.29, 1.82) is 0 Å². The van der Waals surface area contributed by atoms with Crippen molar-refractivity contribution in [2.75, 3.05) is 20.3 Å². The first-order chi connectivity index (χ1) is 7.88. The molecule has 1 aliphatic heterocycles. The number of methoxy groups -OCH3 is 1. The molecule has 0 amide bonds. The van der Waals surface area contributed by atoms with Gasteiger partial charge in [-0.05, 0) is 25.0 Å². The molecule has 0 atom stereocenters. The van der Waals surface area contributed by atoms with Crippen LogP contribution in [0.4, 0.5) is 0 Å². The molecule has 0 spiro atoms. The van der Waals surface area contributed by atoms with Crippen LogP contribution >= 0.6 is 0 Å². The van der Waals surface area contributed by atoms with Crippen LogP contribution in [0.2, 0.25) is 0 Å². The monoisotopic (exact) mass is 225 g/mol. The summed E-state index contributed by atoms with van der Waals surface area (Å²) >= 11 is 0. The zero-order valence-electron chi connectivity index (χ0n) is 9.70. The van der Waals surface area contributed by atoms with Crippen molar-refractivity contribution < 1.29 is 13.9 Å². The summed E-state index contributed by atoms with van der Waals surface area (Å²) in [5, 5.41) is 3.48. The third-order valence-corrected chi connectivity index (χ3v) is 2.79. The average Bonchev–Trinajstić information content (AvgIpc) is 2.76. The average molecular weight is 225 g/mol. The van der Waals surface area contributed by atoms with Crippen LogP contribution in [0.15, 0.2) is 16.5 Å². The van der Waals surface area contributed by atoms with Gasteiger partial charge in [0.25, 0.3) is 0 Å². The van der Waals surface area contributed by atoms with E-state index < -0.39 is 0 Å². The predicted octanol–water partition coefficient (Wildman–Crippen LogP) is 1.69. The van der Waals surface area contributed by atoms with E-state index >= 15 is 0 Å². The fourth-order valence-corrected chi connectivity index (χ4v) is 1.88. The topological polar surface area (TPSA) is 43.6 Å². The Bertz CT molecular complexity index is 305. The van der Waals surface area contributed by atoms with Gasteiger partial charge < -0.3 is 19.2 Å². The smallest absolute Gasteiger partial charge is 0.129 e. The van der Waals surface area contributed by atoms with Crippen LogP contribution < -0.4 is 5.32 Å². The van der Waals surface area contributed by atoms with Crippen LogP contribution in [0.5, 0.6) is 0 Å². The minimum absolute atomic E-state index is 0.539. The fraction of sp³-hybridized carbons (Fsp3) is 0.667. The van der Waals surface area contributed by atoms with E-state index in [4.69, 9.17) is 13.9 Å². The van der Waals surface area contributed by atoms with Crippen LogP contribution in [0.3, 0.4) is 0 Å². The molecule has 0 bridgehead atoms. The second kappa shape index (κ2) is 6.03. The van der Waals surface area contributed by atoms with Crippen molar-refractivity contribution in [2.45, 2.75) is 32.0 Å². The molecule has 4 nitrogen and oxygen atoms in total. The van der Waals surface area contributed by atoms with E-state index in [1.54, 1.807) is 7.11 Å². The summed E-state index contributed by atoms with van der Waals surface area (Å²) in [5.41, 5.74) is 0. The van der Waals surface area contributed by atoms with Crippen molar-refractivity contribution in [3.8, 4) is 0 Å². The number of hydrogen-bond donors (Lipinski definition) is 1. The zero-order chi connectivity index (χ0) is 11.2. The number of hydrogen-bond acceptors (Lipinski definition) is 4. The maximum atomic E-state index is 5.60. The molecule has 1 aromatic rings. The molecule has 16 heavy (non-hydrogen) atoms. The molecule has 1 aromatic heterocycles. The zero-order valence-corrected chi connectivity index (χ0v) is 9.70. The summed E-state index contributed by atoms with van der Waals surface area (Å²) in [4.78, 5) is 0. The highest BCUT2D eigenvalue weighted by Gasteiger charge is 2.13. The molecule has 0 aromatic carbocycles. The van der Waals surface area contributed by atoms with Gasteiger partial charge in [-0.15, -0.1) is 0 Å². The summed E-state index contributed by atoms with van der Waals surface area (Å²) in [6, 6.07) is 4.52. The molecule has 0 unspecified atom stereocenters. The maximum Gasteiger partial charge on any atom is 0.129 e. The van der Waals surface area contributed by atoms with Gasteiger partial charge in [0, 0.05) is 26.4 Å². The lowest BCUT2D eigenvalue weighted by Crippen LogP contribution is -2.34. The number of rotatable bonds is 5. The predicted molar refractivity (Wildman–Crippen MR) is 60.1 cm³/mol. The highest BCUT2D eigenvalue weighted by molar-refractivity contribution is 5.06. The van der Waals surface area contributed by atoms with Gasteiger partial charge in [0.2, 0.25) is 0 Å². The molecular weight excluding hydrogens is 206 g/mol. The molecule has 1 N–H and O–H groups in total. The Hall–Kier alpha value is -0.840. The van der Waals surface area contributed by atoms with Gasteiger partial charge in [-0.25, -0.2) is 0 Å². The second-order valence-corrected chi connectivity index (χ2v) is 4.07. The molecule has 1 fully saturated rings. The minimum Gasteiger partial charge on any atom is -0.462 e. The maximum absolute atomic E-state index is 5.60. The van der Waals surface area contributed by atoms with E-state index in [1.165, 1.54) is 0 Å². The number of ether oxygens (including phenoxy) is 2. The minimum atomic E-state index is 0.539. The van der Waals surface area contributed by atoms with Gasteiger partial charge in [0.15, 0.2) is 0 Å². The van der Waals surface area contributed by atoms with E-state index in [9.17, 15) is 0 Å². The van der Waals surface area contributed by atoms with Crippen LogP contribution in [0.1, 0.15) is 24.4 Å². The first kappa shape index (κ1) is 11.6. The van der Waals surface area contributed by atoms with Crippen molar-refractivity contribution in [1.82, 2.24) is 5.32 Å². The van der Waals surface area contributed by atoms with E-state index in [0.29, 0.717) is 12.6 Å². The normalized spacial score (nSPS) is 17.8. The van der Waals surface area contributed by atoms with Gasteiger partial charge >= 0.3 is 0 Å². The standard InChI is InChI=1S/C12H19NO3/c1-14-9-12-3-2-11(16-12)8-13-10-4-6-15-7-5-10/h2-3,10,13H,4-9H2,1H3. The Morgan fingerprint density at radius 2 is 2.06 bits per heavy atom. The largest absolute Gasteiger partial charge is 0.462 e. The van der Waals surface area contributed by atoms with E-state index in [2.05, 4.69) is 5.32 Å². The van der Waals surface area contributed by atoms with Gasteiger partial charge in [-0.3, -0.25) is 0 Å². The van der Waals surface area contributed by atoms with Gasteiger partial charge in [0.1, 0.15) is 18.1 Å². The lowest BCUT2D eigenvalue weighted by molar-refractivity contribution is 0.0770. The Balaban J connectivity index is 1.75. The third kappa shape index (κ3) is 3.33. The Kier molecular flexibility index (Phi) is 4.39. The lowest BCUT2D eigenvalue weighted by Gasteiger charge is -2.22. The third-order valence-electron chi connectivity index (χ3n) is 2.79. The number of nitrogens with one attached hydrogen (secondary N) is 1. The second-order valence-electron chi connectivity index (χ2n) is 4.07. The Morgan fingerprint density at radius 3 is 2.81 bits per heavy atom. The molecule has 0 saturated carbocycles. The van der Waals surface area contributed by atoms with E-state index in [-0.39, 0.29) is 0 Å². The molecule has 2 rings (SSSR count). The van der Waals surface area contributed by atoms with Gasteiger partial charge in [-0.1, -0.05) is 0 Å². The summed E-state index contributed by atoms with van der Waals surface area (Å²) < 4.78 is 15.9. The summed E-state index contributed by atoms with van der Waals surface area (Å²) in [7, 11) is 1.67. The van der Waals surface area contributed by atoms with E-state index in [1.807, 2.05) is 12.1 Å². The van der Waals surface area contributed by atoms with Crippen LogP contribution in [0, 0.1) is 0 Å². The van der Waals surface area contributed by atoms with Crippen molar-refractivity contribution >= 4 is 0 Å². The molecule has 0 radical (unpaired) electrons. The van der Waals surface area contributed by atoms with Crippen LogP contribution in [-0.4, -0.2) is 26.4 Å². The van der Waals surface area contributed by atoms with Crippen molar-refractivity contribution in [3.63, 3.8) is 0 Å².